The molecule has 0 heterocycles. The second-order valence-corrected chi connectivity index (χ2v) is 4.66. The SMILES string of the molecule is CCc1ccc(C(O)CNCC(C)C)cc1. The molecule has 2 nitrogen and oxygen atoms in total. The summed E-state index contributed by atoms with van der Waals surface area (Å²) in [4.78, 5) is 0. The molecule has 2 N–H and O–H groups in total. The molecule has 0 amide bonds. The molecule has 0 bridgehead atoms. The molecule has 1 unspecified atom stereocenters. The predicted octanol–water partition coefficient (Wildman–Crippen LogP) is 2.53. The summed E-state index contributed by atoms with van der Waals surface area (Å²) in [6.45, 7) is 8.04. The van der Waals surface area contributed by atoms with Gasteiger partial charge in [0.25, 0.3) is 0 Å². The van der Waals surface area contributed by atoms with Crippen LogP contribution in [0.3, 0.4) is 0 Å². The number of aliphatic hydroxyl groups excluding tert-OH is 1. The second-order valence-electron chi connectivity index (χ2n) is 4.66. The number of rotatable bonds is 6. The summed E-state index contributed by atoms with van der Waals surface area (Å²) in [5.41, 5.74) is 2.31. The van der Waals surface area contributed by atoms with Gasteiger partial charge in [-0.25, -0.2) is 0 Å². The van der Waals surface area contributed by atoms with Crippen molar-refractivity contribution in [3.63, 3.8) is 0 Å². The van der Waals surface area contributed by atoms with E-state index < -0.39 is 6.10 Å². The Kier molecular flexibility index (Phi) is 5.50. The van der Waals surface area contributed by atoms with Gasteiger partial charge in [-0.05, 0) is 30.0 Å². The molecule has 16 heavy (non-hydrogen) atoms. The Morgan fingerprint density at radius 3 is 2.25 bits per heavy atom. The lowest BCUT2D eigenvalue weighted by atomic mass is 10.1. The lowest BCUT2D eigenvalue weighted by Gasteiger charge is -2.13. The Labute approximate surface area is 98.7 Å². The van der Waals surface area contributed by atoms with E-state index in [9.17, 15) is 5.11 Å². The van der Waals surface area contributed by atoms with E-state index in [0.717, 1.165) is 18.5 Å². The second kappa shape index (κ2) is 6.66. The summed E-state index contributed by atoms with van der Waals surface area (Å²) < 4.78 is 0. The van der Waals surface area contributed by atoms with Crippen molar-refractivity contribution >= 4 is 0 Å². The Morgan fingerprint density at radius 1 is 1.12 bits per heavy atom. The third-order valence-corrected chi connectivity index (χ3v) is 2.66. The van der Waals surface area contributed by atoms with Crippen molar-refractivity contribution in [3.05, 3.63) is 35.4 Å². The van der Waals surface area contributed by atoms with Crippen LogP contribution in [0, 0.1) is 5.92 Å². The molecule has 0 saturated carbocycles. The molecule has 0 fully saturated rings. The molecule has 0 radical (unpaired) electrons. The minimum Gasteiger partial charge on any atom is -0.387 e. The van der Waals surface area contributed by atoms with E-state index in [1.807, 2.05) is 12.1 Å². The van der Waals surface area contributed by atoms with E-state index in [4.69, 9.17) is 0 Å². The molecule has 0 aromatic heterocycles. The van der Waals surface area contributed by atoms with E-state index in [1.165, 1.54) is 5.56 Å². The number of hydrogen-bond donors (Lipinski definition) is 2. The van der Waals surface area contributed by atoms with Gasteiger partial charge in [0.1, 0.15) is 0 Å². The van der Waals surface area contributed by atoms with Gasteiger partial charge in [-0.2, -0.15) is 0 Å². The van der Waals surface area contributed by atoms with Gasteiger partial charge in [-0.1, -0.05) is 45.0 Å². The van der Waals surface area contributed by atoms with Crippen molar-refractivity contribution < 1.29 is 5.11 Å². The number of hydrogen-bond acceptors (Lipinski definition) is 2. The first kappa shape index (κ1) is 13.2. The summed E-state index contributed by atoms with van der Waals surface area (Å²) in [7, 11) is 0. The number of benzene rings is 1. The van der Waals surface area contributed by atoms with Crippen LogP contribution in [0.25, 0.3) is 0 Å². The summed E-state index contributed by atoms with van der Waals surface area (Å²) in [6.07, 6.45) is 0.645. The highest BCUT2D eigenvalue weighted by atomic mass is 16.3. The number of nitrogens with one attached hydrogen (secondary N) is 1. The molecule has 0 aliphatic rings. The number of aliphatic hydroxyl groups is 1. The maximum Gasteiger partial charge on any atom is 0.0914 e. The van der Waals surface area contributed by atoms with Gasteiger partial charge >= 0.3 is 0 Å². The Balaban J connectivity index is 2.43. The fourth-order valence-corrected chi connectivity index (χ4v) is 1.60. The lowest BCUT2D eigenvalue weighted by molar-refractivity contribution is 0.173. The number of aryl methyl sites for hydroxylation is 1. The molecule has 1 aromatic carbocycles. The third kappa shape index (κ3) is 4.33. The third-order valence-electron chi connectivity index (χ3n) is 2.66. The maximum atomic E-state index is 9.93. The zero-order chi connectivity index (χ0) is 12.0. The van der Waals surface area contributed by atoms with Crippen molar-refractivity contribution in [2.75, 3.05) is 13.1 Å². The van der Waals surface area contributed by atoms with Crippen molar-refractivity contribution in [1.82, 2.24) is 5.32 Å². The molecule has 1 rings (SSSR count). The highest BCUT2D eigenvalue weighted by molar-refractivity contribution is 5.24. The largest absolute Gasteiger partial charge is 0.387 e. The zero-order valence-corrected chi connectivity index (χ0v) is 10.5. The molecule has 0 aliphatic heterocycles. The normalized spacial score (nSPS) is 13.1. The van der Waals surface area contributed by atoms with Crippen LogP contribution < -0.4 is 5.32 Å². The molecular formula is C14H23NO. The first-order valence-corrected chi connectivity index (χ1v) is 6.11. The molecule has 2 heteroatoms. The van der Waals surface area contributed by atoms with E-state index in [1.54, 1.807) is 0 Å². The average Bonchev–Trinajstić information content (AvgIpc) is 2.28. The van der Waals surface area contributed by atoms with E-state index >= 15 is 0 Å². The van der Waals surface area contributed by atoms with Crippen LogP contribution in [0.1, 0.15) is 38.0 Å². The topological polar surface area (TPSA) is 32.3 Å². The van der Waals surface area contributed by atoms with E-state index in [0.29, 0.717) is 12.5 Å². The van der Waals surface area contributed by atoms with E-state index in [-0.39, 0.29) is 0 Å². The fraction of sp³-hybridized carbons (Fsp3) is 0.571. The quantitative estimate of drug-likeness (QED) is 0.773. The zero-order valence-electron chi connectivity index (χ0n) is 10.5. The standard InChI is InChI=1S/C14H23NO/c1-4-12-5-7-13(8-6-12)14(16)10-15-9-11(2)3/h5-8,11,14-16H,4,9-10H2,1-3H3. The Bertz CT molecular complexity index is 292. The van der Waals surface area contributed by atoms with Crippen molar-refractivity contribution in [2.24, 2.45) is 5.92 Å². The molecule has 1 aromatic rings. The fourth-order valence-electron chi connectivity index (χ4n) is 1.60. The minimum absolute atomic E-state index is 0.398. The van der Waals surface area contributed by atoms with Gasteiger partial charge in [0.05, 0.1) is 6.10 Å². The smallest absolute Gasteiger partial charge is 0.0914 e. The first-order chi connectivity index (χ1) is 7.63. The van der Waals surface area contributed by atoms with E-state index in [2.05, 4.69) is 38.2 Å². The van der Waals surface area contributed by atoms with Crippen LogP contribution in [-0.2, 0) is 6.42 Å². The summed E-state index contributed by atoms with van der Waals surface area (Å²) >= 11 is 0. The van der Waals surface area contributed by atoms with Crippen LogP contribution in [0.15, 0.2) is 24.3 Å². The van der Waals surface area contributed by atoms with Gasteiger partial charge < -0.3 is 10.4 Å². The van der Waals surface area contributed by atoms with Gasteiger partial charge in [-0.15, -0.1) is 0 Å². The molecule has 0 saturated heterocycles. The van der Waals surface area contributed by atoms with Gasteiger partial charge in [0.2, 0.25) is 0 Å². The Hall–Kier alpha value is -0.860. The van der Waals surface area contributed by atoms with Gasteiger partial charge in [0, 0.05) is 6.54 Å². The average molecular weight is 221 g/mol. The highest BCUT2D eigenvalue weighted by Gasteiger charge is 2.06. The first-order valence-electron chi connectivity index (χ1n) is 6.11. The van der Waals surface area contributed by atoms with Crippen molar-refractivity contribution in [3.8, 4) is 0 Å². The van der Waals surface area contributed by atoms with Gasteiger partial charge in [-0.3, -0.25) is 0 Å². The molecule has 0 aliphatic carbocycles. The van der Waals surface area contributed by atoms with Crippen LogP contribution >= 0.6 is 0 Å². The Morgan fingerprint density at radius 2 is 1.75 bits per heavy atom. The van der Waals surface area contributed by atoms with Crippen molar-refractivity contribution in [1.29, 1.82) is 0 Å². The van der Waals surface area contributed by atoms with Gasteiger partial charge in [0.15, 0.2) is 0 Å². The summed E-state index contributed by atoms with van der Waals surface area (Å²) in [6, 6.07) is 8.20. The van der Waals surface area contributed by atoms with Crippen molar-refractivity contribution in [2.45, 2.75) is 33.3 Å². The monoisotopic (exact) mass is 221 g/mol. The van der Waals surface area contributed by atoms with Crippen LogP contribution in [0.5, 0.6) is 0 Å². The summed E-state index contributed by atoms with van der Waals surface area (Å²) in [5, 5.41) is 13.2. The molecule has 1 atom stereocenters. The molecule has 90 valence electrons. The maximum absolute atomic E-state index is 9.93. The minimum atomic E-state index is -0.398. The lowest BCUT2D eigenvalue weighted by Crippen LogP contribution is -2.25. The van der Waals surface area contributed by atoms with Crippen LogP contribution in [0.2, 0.25) is 0 Å². The highest BCUT2D eigenvalue weighted by Crippen LogP contribution is 2.13. The summed E-state index contributed by atoms with van der Waals surface area (Å²) in [5.74, 6) is 0.620. The van der Waals surface area contributed by atoms with Crippen LogP contribution in [0.4, 0.5) is 0 Å². The molecular weight excluding hydrogens is 198 g/mol. The van der Waals surface area contributed by atoms with Crippen LogP contribution in [-0.4, -0.2) is 18.2 Å². The molecule has 0 spiro atoms. The predicted molar refractivity (Wildman–Crippen MR) is 68.5 cm³/mol.